The van der Waals surface area contributed by atoms with Gasteiger partial charge in [0.15, 0.2) is 0 Å². The molecule has 0 aliphatic carbocycles. The number of nitrogens with one attached hydrogen (secondary N) is 3. The van der Waals surface area contributed by atoms with Crippen molar-refractivity contribution in [3.63, 3.8) is 0 Å². The number of halogens is 1. The molecule has 2 rings (SSSR count). The Morgan fingerprint density at radius 1 is 1.10 bits per heavy atom. The molecule has 0 saturated carbocycles. The van der Waals surface area contributed by atoms with E-state index < -0.39 is 0 Å². The summed E-state index contributed by atoms with van der Waals surface area (Å²) in [5.74, 6) is 0.152. The molecule has 2 saturated heterocycles. The fraction of sp³-hybridized carbons (Fsp3) is 0.867. The summed E-state index contributed by atoms with van der Waals surface area (Å²) >= 11 is 0. The monoisotopic (exact) mass is 317 g/mol. The van der Waals surface area contributed by atoms with Gasteiger partial charge in [-0.2, -0.15) is 0 Å². The smallest absolute Gasteiger partial charge is 0.220 e. The van der Waals surface area contributed by atoms with Gasteiger partial charge in [0, 0.05) is 37.5 Å². The van der Waals surface area contributed by atoms with Gasteiger partial charge in [0.2, 0.25) is 11.8 Å². The molecule has 2 aliphatic heterocycles. The topological polar surface area (TPSA) is 70.2 Å². The molecule has 2 amide bonds. The summed E-state index contributed by atoms with van der Waals surface area (Å²) in [5, 5.41) is 9.52. The number of rotatable bonds is 7. The number of amides is 2. The molecule has 6 heteroatoms. The minimum atomic E-state index is 0. The number of hydrogen-bond donors (Lipinski definition) is 3. The van der Waals surface area contributed by atoms with E-state index in [1.807, 2.05) is 6.92 Å². The van der Waals surface area contributed by atoms with Gasteiger partial charge in [0.05, 0.1) is 0 Å². The molecule has 2 heterocycles. The lowest BCUT2D eigenvalue weighted by Gasteiger charge is -2.29. The van der Waals surface area contributed by atoms with Crippen molar-refractivity contribution in [3.05, 3.63) is 0 Å². The molecule has 0 aromatic carbocycles. The lowest BCUT2D eigenvalue weighted by atomic mass is 9.99. The summed E-state index contributed by atoms with van der Waals surface area (Å²) in [7, 11) is 0. The fourth-order valence-corrected chi connectivity index (χ4v) is 3.24. The third-order valence-corrected chi connectivity index (χ3v) is 4.22. The van der Waals surface area contributed by atoms with Gasteiger partial charge in [-0.1, -0.05) is 6.92 Å². The number of carbonyl (C=O) groups excluding carboxylic acids is 2. The highest BCUT2D eigenvalue weighted by molar-refractivity contribution is 5.85. The molecule has 3 N–H and O–H groups in total. The zero-order valence-corrected chi connectivity index (χ0v) is 13.6. The van der Waals surface area contributed by atoms with Crippen molar-refractivity contribution in [1.29, 1.82) is 0 Å². The van der Waals surface area contributed by atoms with E-state index >= 15 is 0 Å². The molecule has 2 unspecified atom stereocenters. The first-order chi connectivity index (χ1) is 9.67. The van der Waals surface area contributed by atoms with Crippen LogP contribution in [0.5, 0.6) is 0 Å². The van der Waals surface area contributed by atoms with Gasteiger partial charge < -0.3 is 16.0 Å². The summed E-state index contributed by atoms with van der Waals surface area (Å²) in [6.07, 6.45) is 7.09. The van der Waals surface area contributed by atoms with Crippen LogP contribution in [0.4, 0.5) is 0 Å². The van der Waals surface area contributed by atoms with E-state index in [1.165, 1.54) is 12.8 Å². The van der Waals surface area contributed by atoms with E-state index in [0.717, 1.165) is 25.8 Å². The lowest BCUT2D eigenvalue weighted by Crippen LogP contribution is -2.48. The van der Waals surface area contributed by atoms with Crippen molar-refractivity contribution in [1.82, 2.24) is 16.0 Å². The Kier molecular flexibility index (Phi) is 8.04. The summed E-state index contributed by atoms with van der Waals surface area (Å²) < 4.78 is 0. The highest BCUT2D eigenvalue weighted by atomic mass is 35.5. The second-order valence-corrected chi connectivity index (χ2v) is 6.08. The quantitative estimate of drug-likeness (QED) is 0.666. The molecule has 2 atom stereocenters. The largest absolute Gasteiger partial charge is 0.356 e. The third-order valence-electron chi connectivity index (χ3n) is 4.22. The van der Waals surface area contributed by atoms with Gasteiger partial charge >= 0.3 is 0 Å². The Labute approximate surface area is 133 Å². The first kappa shape index (κ1) is 18.2. The van der Waals surface area contributed by atoms with Crippen LogP contribution in [0.2, 0.25) is 0 Å². The number of carbonyl (C=O) groups is 2. The Morgan fingerprint density at radius 2 is 1.71 bits per heavy atom. The average Bonchev–Trinajstić information content (AvgIpc) is 2.75. The maximum atomic E-state index is 11.9. The summed E-state index contributed by atoms with van der Waals surface area (Å²) in [4.78, 5) is 23.3. The minimum absolute atomic E-state index is 0. The molecule has 2 aliphatic rings. The normalized spacial score (nSPS) is 26.8. The van der Waals surface area contributed by atoms with Crippen LogP contribution >= 0.6 is 12.4 Å². The standard InChI is InChI=1S/C15H27N3O2.ClH/c1-2-8-16-14(19)4-3-5-15(20)18-13-9-11-6-7-12(10-13)17-11;/h11-13,17H,2-10H2,1H3,(H,16,19)(H,18,20);1H. The van der Waals surface area contributed by atoms with Gasteiger partial charge in [0.1, 0.15) is 0 Å². The maximum Gasteiger partial charge on any atom is 0.220 e. The Morgan fingerprint density at radius 3 is 2.33 bits per heavy atom. The zero-order valence-electron chi connectivity index (χ0n) is 12.8. The van der Waals surface area contributed by atoms with Gasteiger partial charge in [-0.25, -0.2) is 0 Å². The van der Waals surface area contributed by atoms with Crippen molar-refractivity contribution in [3.8, 4) is 0 Å². The summed E-state index contributed by atoms with van der Waals surface area (Å²) in [6, 6.07) is 1.52. The van der Waals surface area contributed by atoms with Gasteiger partial charge in [-0.15, -0.1) is 12.4 Å². The van der Waals surface area contributed by atoms with Gasteiger partial charge in [-0.05, 0) is 38.5 Å². The van der Waals surface area contributed by atoms with Crippen LogP contribution in [0.1, 0.15) is 58.3 Å². The van der Waals surface area contributed by atoms with Crippen molar-refractivity contribution < 1.29 is 9.59 Å². The minimum Gasteiger partial charge on any atom is -0.356 e. The first-order valence-corrected chi connectivity index (χ1v) is 7.99. The van der Waals surface area contributed by atoms with Crippen molar-refractivity contribution in [2.24, 2.45) is 0 Å². The molecular weight excluding hydrogens is 290 g/mol. The second-order valence-electron chi connectivity index (χ2n) is 6.08. The van der Waals surface area contributed by atoms with E-state index in [4.69, 9.17) is 0 Å². The van der Waals surface area contributed by atoms with Crippen LogP contribution in [0, 0.1) is 0 Å². The second kappa shape index (κ2) is 9.26. The summed E-state index contributed by atoms with van der Waals surface area (Å²) in [5.41, 5.74) is 0. The zero-order chi connectivity index (χ0) is 14.4. The SMILES string of the molecule is CCCNC(=O)CCCC(=O)NC1CC2CCC(C1)N2.Cl. The van der Waals surface area contributed by atoms with Crippen LogP contribution in [0.3, 0.4) is 0 Å². The Hall–Kier alpha value is -0.810. The molecule has 122 valence electrons. The van der Waals surface area contributed by atoms with Crippen molar-refractivity contribution in [2.45, 2.75) is 76.4 Å². The average molecular weight is 318 g/mol. The molecule has 5 nitrogen and oxygen atoms in total. The van der Waals surface area contributed by atoms with E-state index in [2.05, 4.69) is 16.0 Å². The van der Waals surface area contributed by atoms with E-state index in [9.17, 15) is 9.59 Å². The number of piperidine rings is 1. The molecule has 0 spiro atoms. The predicted octanol–water partition coefficient (Wildman–Crippen LogP) is 1.50. The molecule has 0 radical (unpaired) electrons. The van der Waals surface area contributed by atoms with E-state index in [-0.39, 0.29) is 24.2 Å². The molecule has 2 bridgehead atoms. The molecule has 0 aromatic heterocycles. The molecule has 0 aromatic rings. The Bertz CT molecular complexity index is 340. The van der Waals surface area contributed by atoms with Crippen LogP contribution in [-0.4, -0.2) is 36.5 Å². The van der Waals surface area contributed by atoms with Crippen molar-refractivity contribution in [2.75, 3.05) is 6.54 Å². The van der Waals surface area contributed by atoms with Crippen LogP contribution in [-0.2, 0) is 9.59 Å². The predicted molar refractivity (Wildman–Crippen MR) is 85.5 cm³/mol. The summed E-state index contributed by atoms with van der Waals surface area (Å²) in [6.45, 7) is 2.75. The van der Waals surface area contributed by atoms with Crippen LogP contribution in [0.15, 0.2) is 0 Å². The van der Waals surface area contributed by atoms with Gasteiger partial charge in [-0.3, -0.25) is 9.59 Å². The van der Waals surface area contributed by atoms with Gasteiger partial charge in [0.25, 0.3) is 0 Å². The number of fused-ring (bicyclic) bond motifs is 2. The molecule has 2 fully saturated rings. The van der Waals surface area contributed by atoms with E-state index in [0.29, 0.717) is 37.4 Å². The van der Waals surface area contributed by atoms with Crippen LogP contribution in [0.25, 0.3) is 0 Å². The molecule has 21 heavy (non-hydrogen) atoms. The highest BCUT2D eigenvalue weighted by Crippen LogP contribution is 2.26. The van der Waals surface area contributed by atoms with E-state index in [1.54, 1.807) is 0 Å². The first-order valence-electron chi connectivity index (χ1n) is 7.99. The maximum absolute atomic E-state index is 11.9. The Balaban J connectivity index is 0.00000220. The molecular formula is C15H28ClN3O2. The van der Waals surface area contributed by atoms with Crippen molar-refractivity contribution >= 4 is 24.2 Å². The lowest BCUT2D eigenvalue weighted by molar-refractivity contribution is -0.123. The highest BCUT2D eigenvalue weighted by Gasteiger charge is 2.33. The number of hydrogen-bond acceptors (Lipinski definition) is 3. The van der Waals surface area contributed by atoms with Crippen LogP contribution < -0.4 is 16.0 Å². The third kappa shape index (κ3) is 6.22. The fourth-order valence-electron chi connectivity index (χ4n) is 3.24.